The van der Waals surface area contributed by atoms with Crippen molar-refractivity contribution in [3.8, 4) is 0 Å². The van der Waals surface area contributed by atoms with Gasteiger partial charge in [0.15, 0.2) is 0 Å². The van der Waals surface area contributed by atoms with E-state index in [-0.39, 0.29) is 0 Å². The van der Waals surface area contributed by atoms with Crippen LogP contribution in [0, 0.1) is 0 Å². The molecule has 0 aliphatic heterocycles. The van der Waals surface area contributed by atoms with Gasteiger partial charge in [-0.15, -0.1) is 0 Å². The second-order valence-electron chi connectivity index (χ2n) is 5.34. The minimum absolute atomic E-state index is 0.481. The van der Waals surface area contributed by atoms with E-state index in [4.69, 9.17) is 0 Å². The second kappa shape index (κ2) is 5.48. The summed E-state index contributed by atoms with van der Waals surface area (Å²) in [5.74, 6) is 0. The van der Waals surface area contributed by atoms with Crippen LogP contribution in [0.5, 0.6) is 0 Å². The number of nitrogens with one attached hydrogen (secondary N) is 1. The van der Waals surface area contributed by atoms with Crippen LogP contribution in [0.25, 0.3) is 0 Å². The van der Waals surface area contributed by atoms with Gasteiger partial charge in [0.1, 0.15) is 0 Å². The van der Waals surface area contributed by atoms with Gasteiger partial charge in [0.05, 0.1) is 6.04 Å². The van der Waals surface area contributed by atoms with E-state index >= 15 is 0 Å². The number of benzene rings is 2. The normalized spacial score (nSPS) is 17.2. The maximum atomic E-state index is 3.75. The summed E-state index contributed by atoms with van der Waals surface area (Å²) in [5, 5.41) is 3.75. The van der Waals surface area contributed by atoms with Gasteiger partial charge in [-0.1, -0.05) is 55.8 Å². The first-order valence-electron chi connectivity index (χ1n) is 7.30. The maximum absolute atomic E-state index is 3.75. The molecule has 19 heavy (non-hydrogen) atoms. The van der Waals surface area contributed by atoms with Crippen molar-refractivity contribution in [3.05, 3.63) is 65.2 Å². The Morgan fingerprint density at radius 2 is 1.84 bits per heavy atom. The summed E-state index contributed by atoms with van der Waals surface area (Å²) < 4.78 is 0. The lowest BCUT2D eigenvalue weighted by molar-refractivity contribution is 0.758. The van der Waals surface area contributed by atoms with Crippen LogP contribution in [-0.4, -0.2) is 0 Å². The Balaban J connectivity index is 1.83. The Kier molecular flexibility index (Phi) is 3.54. The lowest BCUT2D eigenvalue weighted by Crippen LogP contribution is -2.08. The van der Waals surface area contributed by atoms with Gasteiger partial charge in [0.2, 0.25) is 0 Å². The molecular formula is C18H21N. The zero-order valence-corrected chi connectivity index (χ0v) is 11.5. The van der Waals surface area contributed by atoms with Crippen molar-refractivity contribution in [3.63, 3.8) is 0 Å². The SMILES string of the molecule is CCCc1ccccc1NC1CCc2ccccc21. The molecule has 1 aliphatic carbocycles. The van der Waals surface area contributed by atoms with Crippen molar-refractivity contribution in [2.24, 2.45) is 0 Å². The molecule has 98 valence electrons. The van der Waals surface area contributed by atoms with Crippen LogP contribution in [-0.2, 0) is 12.8 Å². The average Bonchev–Trinajstić information content (AvgIpc) is 2.85. The Bertz CT molecular complexity index is 559. The van der Waals surface area contributed by atoms with Gasteiger partial charge in [0, 0.05) is 5.69 Å². The van der Waals surface area contributed by atoms with Crippen LogP contribution in [0.15, 0.2) is 48.5 Å². The molecule has 0 amide bonds. The third-order valence-electron chi connectivity index (χ3n) is 4.00. The molecule has 0 saturated carbocycles. The highest BCUT2D eigenvalue weighted by atomic mass is 14.9. The standard InChI is InChI=1S/C18H21N/c1-2-7-15-9-4-6-11-17(15)19-18-13-12-14-8-3-5-10-16(14)18/h3-6,8-11,18-19H,2,7,12-13H2,1H3. The van der Waals surface area contributed by atoms with E-state index < -0.39 is 0 Å². The van der Waals surface area contributed by atoms with Gasteiger partial charge in [0.25, 0.3) is 0 Å². The fourth-order valence-corrected chi connectivity index (χ4v) is 3.04. The van der Waals surface area contributed by atoms with Gasteiger partial charge >= 0.3 is 0 Å². The molecule has 0 fully saturated rings. The highest BCUT2D eigenvalue weighted by molar-refractivity contribution is 5.54. The van der Waals surface area contributed by atoms with Crippen LogP contribution >= 0.6 is 0 Å². The summed E-state index contributed by atoms with van der Waals surface area (Å²) in [4.78, 5) is 0. The molecule has 0 saturated heterocycles. The molecule has 1 atom stereocenters. The predicted molar refractivity (Wildman–Crippen MR) is 81.6 cm³/mol. The number of hydrogen-bond donors (Lipinski definition) is 1. The van der Waals surface area contributed by atoms with Gasteiger partial charge in [-0.2, -0.15) is 0 Å². The van der Waals surface area contributed by atoms with Crippen LogP contribution in [0.2, 0.25) is 0 Å². The summed E-state index contributed by atoms with van der Waals surface area (Å²) >= 11 is 0. The maximum Gasteiger partial charge on any atom is 0.0519 e. The molecule has 2 aromatic rings. The average molecular weight is 251 g/mol. The molecule has 1 nitrogen and oxygen atoms in total. The highest BCUT2D eigenvalue weighted by Crippen LogP contribution is 2.34. The van der Waals surface area contributed by atoms with Gasteiger partial charge in [-0.05, 0) is 42.0 Å². The second-order valence-corrected chi connectivity index (χ2v) is 5.34. The minimum Gasteiger partial charge on any atom is -0.378 e. The van der Waals surface area contributed by atoms with Gasteiger partial charge in [-0.3, -0.25) is 0 Å². The Hall–Kier alpha value is -1.76. The Morgan fingerprint density at radius 3 is 2.74 bits per heavy atom. The monoisotopic (exact) mass is 251 g/mol. The lowest BCUT2D eigenvalue weighted by Gasteiger charge is -2.18. The summed E-state index contributed by atoms with van der Waals surface area (Å²) in [5.41, 5.74) is 5.74. The molecule has 0 heterocycles. The first kappa shape index (κ1) is 12.3. The van der Waals surface area contributed by atoms with Crippen molar-refractivity contribution in [2.75, 3.05) is 5.32 Å². The number of rotatable bonds is 4. The molecular weight excluding hydrogens is 230 g/mol. The molecule has 0 spiro atoms. The fourth-order valence-electron chi connectivity index (χ4n) is 3.04. The van der Waals surface area contributed by atoms with Crippen LogP contribution in [0.3, 0.4) is 0 Å². The summed E-state index contributed by atoms with van der Waals surface area (Å²) in [6, 6.07) is 18.0. The van der Waals surface area contributed by atoms with Crippen LogP contribution in [0.1, 0.15) is 42.5 Å². The smallest absolute Gasteiger partial charge is 0.0519 e. The molecule has 3 rings (SSSR count). The molecule has 2 aromatic carbocycles. The quantitative estimate of drug-likeness (QED) is 0.827. The number of para-hydroxylation sites is 1. The zero-order chi connectivity index (χ0) is 13.1. The number of fused-ring (bicyclic) bond motifs is 1. The topological polar surface area (TPSA) is 12.0 Å². The number of hydrogen-bond acceptors (Lipinski definition) is 1. The number of aryl methyl sites for hydroxylation is 2. The third-order valence-corrected chi connectivity index (χ3v) is 4.00. The lowest BCUT2D eigenvalue weighted by atomic mass is 10.0. The highest BCUT2D eigenvalue weighted by Gasteiger charge is 2.21. The molecule has 1 unspecified atom stereocenters. The summed E-state index contributed by atoms with van der Waals surface area (Å²) in [6.45, 7) is 2.24. The first-order valence-corrected chi connectivity index (χ1v) is 7.30. The van der Waals surface area contributed by atoms with Crippen LogP contribution in [0.4, 0.5) is 5.69 Å². The van der Waals surface area contributed by atoms with Crippen molar-refractivity contribution >= 4 is 5.69 Å². The van der Waals surface area contributed by atoms with E-state index in [1.165, 1.54) is 41.6 Å². The summed E-state index contributed by atoms with van der Waals surface area (Å²) in [6.07, 6.45) is 4.75. The first-order chi connectivity index (χ1) is 9.38. The van der Waals surface area contributed by atoms with Crippen molar-refractivity contribution < 1.29 is 0 Å². The third kappa shape index (κ3) is 2.51. The van der Waals surface area contributed by atoms with Crippen molar-refractivity contribution in [1.29, 1.82) is 0 Å². The van der Waals surface area contributed by atoms with E-state index in [9.17, 15) is 0 Å². The van der Waals surface area contributed by atoms with E-state index in [0.717, 1.165) is 6.42 Å². The summed E-state index contributed by atoms with van der Waals surface area (Å²) in [7, 11) is 0. The van der Waals surface area contributed by atoms with Crippen molar-refractivity contribution in [1.82, 2.24) is 0 Å². The van der Waals surface area contributed by atoms with Crippen LogP contribution < -0.4 is 5.32 Å². The molecule has 0 bridgehead atoms. The molecule has 1 aliphatic rings. The van der Waals surface area contributed by atoms with Gasteiger partial charge < -0.3 is 5.32 Å². The van der Waals surface area contributed by atoms with Crippen molar-refractivity contribution in [2.45, 2.75) is 38.6 Å². The number of anilines is 1. The molecule has 0 aromatic heterocycles. The molecule has 1 N–H and O–H groups in total. The predicted octanol–water partition coefficient (Wildman–Crippen LogP) is 4.74. The van der Waals surface area contributed by atoms with E-state index in [1.807, 2.05) is 0 Å². The largest absolute Gasteiger partial charge is 0.378 e. The molecule has 0 radical (unpaired) electrons. The van der Waals surface area contributed by atoms with Gasteiger partial charge in [-0.25, -0.2) is 0 Å². The Morgan fingerprint density at radius 1 is 1.05 bits per heavy atom. The Labute approximate surface area is 115 Å². The van der Waals surface area contributed by atoms with E-state index in [1.54, 1.807) is 0 Å². The zero-order valence-electron chi connectivity index (χ0n) is 11.5. The fraction of sp³-hybridized carbons (Fsp3) is 0.333. The molecule has 1 heteroatoms. The van der Waals surface area contributed by atoms with E-state index in [2.05, 4.69) is 60.8 Å². The minimum atomic E-state index is 0.481. The van der Waals surface area contributed by atoms with E-state index in [0.29, 0.717) is 6.04 Å².